The number of benzene rings is 2. The van der Waals surface area contributed by atoms with Crippen LogP contribution >= 0.6 is 0 Å². The fraction of sp³-hybridized carbons (Fsp3) is 0.500. The lowest BCUT2D eigenvalue weighted by Gasteiger charge is -2.30. The maximum Gasteiger partial charge on any atom is 0.254 e. The highest BCUT2D eigenvalue weighted by Gasteiger charge is 2.54. The quantitative estimate of drug-likeness (QED) is 0.327. The predicted molar refractivity (Wildman–Crippen MR) is 170 cm³/mol. The van der Waals surface area contributed by atoms with Gasteiger partial charge in [-0.25, -0.2) is 13.4 Å². The Morgan fingerprint density at radius 3 is 2.53 bits per heavy atom. The van der Waals surface area contributed by atoms with E-state index >= 15 is 0 Å². The van der Waals surface area contributed by atoms with Crippen LogP contribution in [0.1, 0.15) is 42.5 Å². The van der Waals surface area contributed by atoms with Gasteiger partial charge in [0.2, 0.25) is 0 Å². The van der Waals surface area contributed by atoms with E-state index in [9.17, 15) is 13.2 Å². The second kappa shape index (κ2) is 9.60. The molecule has 43 heavy (non-hydrogen) atoms. The topological polar surface area (TPSA) is 112 Å². The fourth-order valence-electron chi connectivity index (χ4n) is 8.10. The first-order chi connectivity index (χ1) is 20.6. The van der Waals surface area contributed by atoms with Crippen molar-refractivity contribution in [1.82, 2.24) is 19.0 Å². The summed E-state index contributed by atoms with van der Waals surface area (Å²) >= 11 is 0. The number of amides is 1. The lowest BCUT2D eigenvalue weighted by atomic mass is 9.71. The Labute approximate surface area is 252 Å². The van der Waals surface area contributed by atoms with Crippen molar-refractivity contribution in [2.24, 2.45) is 23.5 Å². The molecule has 2 bridgehead atoms. The van der Waals surface area contributed by atoms with Crippen LogP contribution in [0, 0.1) is 17.8 Å². The molecule has 4 fully saturated rings. The number of nitrogens with zero attached hydrogens (tertiary/aromatic N) is 4. The minimum Gasteiger partial charge on any atom is -0.494 e. The summed E-state index contributed by atoms with van der Waals surface area (Å²) in [7, 11) is 0.644. The zero-order valence-electron chi connectivity index (χ0n) is 24.8. The third-order valence-corrected chi connectivity index (χ3v) is 12.5. The number of ether oxygens (including phenoxy) is 1. The van der Waals surface area contributed by atoms with Crippen molar-refractivity contribution in [2.75, 3.05) is 25.2 Å². The first-order valence-electron chi connectivity index (χ1n) is 15.6. The minimum absolute atomic E-state index is 0.0178. The number of hydrogen-bond donors (Lipinski definition) is 1. The summed E-state index contributed by atoms with van der Waals surface area (Å²) in [6.07, 6.45) is 5.06. The first kappa shape index (κ1) is 27.3. The van der Waals surface area contributed by atoms with Crippen LogP contribution in [0.2, 0.25) is 0 Å². The van der Waals surface area contributed by atoms with Crippen LogP contribution < -0.4 is 10.5 Å². The molecule has 4 aromatic rings. The highest BCUT2D eigenvalue weighted by atomic mass is 32.2. The molecular weight excluding hydrogens is 561 g/mol. The molecule has 0 spiro atoms. The van der Waals surface area contributed by atoms with Crippen LogP contribution in [0.15, 0.2) is 42.5 Å². The van der Waals surface area contributed by atoms with E-state index in [2.05, 4.69) is 47.3 Å². The molecule has 4 unspecified atom stereocenters. The summed E-state index contributed by atoms with van der Waals surface area (Å²) in [5.74, 6) is 2.66. The number of sulfone groups is 1. The summed E-state index contributed by atoms with van der Waals surface area (Å²) in [5, 5.41) is 1.15. The molecule has 2 saturated heterocycles. The van der Waals surface area contributed by atoms with E-state index in [1.165, 1.54) is 18.4 Å². The number of para-hydroxylation sites is 1. The molecule has 8 rings (SSSR count). The van der Waals surface area contributed by atoms with E-state index in [4.69, 9.17) is 15.5 Å². The molecule has 2 aromatic carbocycles. The third kappa shape index (κ3) is 4.41. The van der Waals surface area contributed by atoms with Crippen molar-refractivity contribution in [2.45, 2.75) is 56.7 Å². The summed E-state index contributed by atoms with van der Waals surface area (Å²) in [6.45, 7) is 2.11. The maximum absolute atomic E-state index is 14.0. The van der Waals surface area contributed by atoms with Gasteiger partial charge < -0.3 is 24.5 Å². The Hall–Kier alpha value is -3.31. The van der Waals surface area contributed by atoms with Crippen LogP contribution in [-0.4, -0.2) is 77.8 Å². The smallest absolute Gasteiger partial charge is 0.254 e. The molecule has 2 aromatic heterocycles. The van der Waals surface area contributed by atoms with E-state index < -0.39 is 9.84 Å². The normalized spacial score (nSPS) is 28.0. The maximum atomic E-state index is 14.0. The van der Waals surface area contributed by atoms with Crippen molar-refractivity contribution in [3.63, 3.8) is 0 Å². The highest BCUT2D eigenvalue weighted by Crippen LogP contribution is 2.44. The van der Waals surface area contributed by atoms with E-state index in [-0.39, 0.29) is 34.8 Å². The molecule has 2 aliphatic carbocycles. The number of nitrogens with two attached hydrogens (primary N) is 1. The number of aromatic nitrogens is 3. The number of rotatable bonds is 7. The first-order valence-corrected chi connectivity index (χ1v) is 17.4. The summed E-state index contributed by atoms with van der Waals surface area (Å²) in [6, 6.07) is 14.4. The van der Waals surface area contributed by atoms with Crippen LogP contribution in [0.4, 0.5) is 0 Å². The van der Waals surface area contributed by atoms with Gasteiger partial charge in [-0.3, -0.25) is 4.79 Å². The molecule has 9 nitrogen and oxygen atoms in total. The van der Waals surface area contributed by atoms with Gasteiger partial charge in [0.1, 0.15) is 19.1 Å². The second-order valence-corrected chi connectivity index (χ2v) is 15.8. The molecule has 4 aliphatic rings. The highest BCUT2D eigenvalue weighted by molar-refractivity contribution is 7.91. The van der Waals surface area contributed by atoms with Gasteiger partial charge >= 0.3 is 0 Å². The zero-order chi connectivity index (χ0) is 29.7. The van der Waals surface area contributed by atoms with Gasteiger partial charge in [-0.05, 0) is 74.1 Å². The SMILES string of the molecule is BC1(N)C2CCC1N(C(=O)c1cc(OC)c3c(c1)nc(-c1cc4ccccc4n1CC1CC1)n3CC1CCS(=O)(=O)C1)C2. The number of piperidine rings is 1. The molecular formula is C32H38BN5O4S. The average Bonchev–Trinajstić information content (AvgIpc) is 3.21. The largest absolute Gasteiger partial charge is 0.494 e. The lowest BCUT2D eigenvalue weighted by molar-refractivity contribution is 0.0697. The summed E-state index contributed by atoms with van der Waals surface area (Å²) in [5.41, 5.74) is 10.5. The second-order valence-electron chi connectivity index (χ2n) is 13.6. The van der Waals surface area contributed by atoms with Gasteiger partial charge in [0, 0.05) is 47.6 Å². The molecule has 2 aliphatic heterocycles. The fourth-order valence-corrected chi connectivity index (χ4v) is 9.94. The molecule has 2 saturated carbocycles. The van der Waals surface area contributed by atoms with Gasteiger partial charge in [-0.15, -0.1) is 0 Å². The average molecular weight is 600 g/mol. The van der Waals surface area contributed by atoms with Gasteiger partial charge in [-0.1, -0.05) is 18.2 Å². The van der Waals surface area contributed by atoms with E-state index in [1.807, 2.05) is 17.0 Å². The molecule has 0 radical (unpaired) electrons. The number of fused-ring (bicyclic) bond motifs is 4. The van der Waals surface area contributed by atoms with Crippen molar-refractivity contribution in [3.05, 3.63) is 48.0 Å². The summed E-state index contributed by atoms with van der Waals surface area (Å²) < 4.78 is 35.4. The van der Waals surface area contributed by atoms with E-state index in [0.717, 1.165) is 41.8 Å². The number of carbonyl (C=O) groups is 1. The number of carbonyl (C=O) groups excluding carboxylic acids is 1. The van der Waals surface area contributed by atoms with Crippen LogP contribution in [0.25, 0.3) is 33.5 Å². The van der Waals surface area contributed by atoms with Crippen molar-refractivity contribution >= 4 is 45.5 Å². The number of methoxy groups -OCH3 is 1. The Kier molecular flexibility index (Phi) is 6.08. The Balaban J connectivity index is 1.29. The minimum atomic E-state index is -3.05. The van der Waals surface area contributed by atoms with Gasteiger partial charge in [-0.2, -0.15) is 0 Å². The third-order valence-electron chi connectivity index (χ3n) is 10.7. The van der Waals surface area contributed by atoms with Crippen molar-refractivity contribution in [3.8, 4) is 17.3 Å². The van der Waals surface area contributed by atoms with Crippen LogP contribution in [0.5, 0.6) is 5.75 Å². The molecule has 11 heteroatoms. The monoisotopic (exact) mass is 599 g/mol. The van der Waals surface area contributed by atoms with Gasteiger partial charge in [0.25, 0.3) is 5.91 Å². The lowest BCUT2D eigenvalue weighted by Crippen LogP contribution is -2.52. The van der Waals surface area contributed by atoms with E-state index in [0.29, 0.717) is 48.2 Å². The molecule has 4 atom stereocenters. The molecule has 224 valence electrons. The Morgan fingerprint density at radius 1 is 1.07 bits per heavy atom. The molecule has 4 heterocycles. The molecule has 2 N–H and O–H groups in total. The predicted octanol–water partition coefficient (Wildman–Crippen LogP) is 3.03. The number of imidazole rings is 1. The van der Waals surface area contributed by atoms with E-state index in [1.54, 1.807) is 7.11 Å². The van der Waals surface area contributed by atoms with Crippen LogP contribution in [0.3, 0.4) is 0 Å². The Morgan fingerprint density at radius 2 is 1.86 bits per heavy atom. The number of likely N-dealkylation sites (tertiary alicyclic amines) is 1. The van der Waals surface area contributed by atoms with Crippen molar-refractivity contribution < 1.29 is 17.9 Å². The standard InChI is InChI=1S/C32H38BN5O4S/c1-42-27-14-22(31(39)37-17-23-8-9-28(37)32(23,33)34)12-24-29(27)38(16-20-10-11-43(40,41)18-20)30(35-24)26-13-21-4-2-3-5-25(21)36(26)15-19-6-7-19/h2-5,12-14,19-20,23,28H,6-11,15-18,33-34H2,1H3. The Bertz CT molecular complexity index is 1890. The van der Waals surface area contributed by atoms with Gasteiger partial charge in [0.05, 0.1) is 29.8 Å². The summed E-state index contributed by atoms with van der Waals surface area (Å²) in [4.78, 5) is 21.1. The van der Waals surface area contributed by atoms with Crippen molar-refractivity contribution in [1.29, 1.82) is 0 Å². The zero-order valence-corrected chi connectivity index (χ0v) is 25.6. The molecule has 1 amide bonds. The van der Waals surface area contributed by atoms with Crippen LogP contribution in [-0.2, 0) is 22.9 Å². The number of hydrogen-bond acceptors (Lipinski definition) is 6. The van der Waals surface area contributed by atoms with Gasteiger partial charge in [0.15, 0.2) is 15.7 Å².